The molecule has 0 spiro atoms. The predicted molar refractivity (Wildman–Crippen MR) is 77.1 cm³/mol. The van der Waals surface area contributed by atoms with Crippen LogP contribution in [-0.4, -0.2) is 32.2 Å². The van der Waals surface area contributed by atoms with Crippen LogP contribution in [0.15, 0.2) is 30.8 Å². The minimum atomic E-state index is 0.653. The van der Waals surface area contributed by atoms with Crippen molar-refractivity contribution in [2.24, 2.45) is 0 Å². The molecule has 1 nitrogen and oxygen atoms in total. The summed E-state index contributed by atoms with van der Waals surface area (Å²) in [5.74, 6) is 0.653. The van der Waals surface area contributed by atoms with E-state index in [-0.39, 0.29) is 0 Å². The van der Waals surface area contributed by atoms with Crippen LogP contribution in [0.2, 0.25) is 0 Å². The molecule has 0 aromatic heterocycles. The van der Waals surface area contributed by atoms with Crippen molar-refractivity contribution in [1.29, 1.82) is 0 Å². The maximum Gasteiger partial charge on any atom is 0.0780 e. The monoisotopic (exact) mass is 232 g/mol. The smallest absolute Gasteiger partial charge is 0.0780 e. The first-order chi connectivity index (χ1) is 7.92. The van der Waals surface area contributed by atoms with Gasteiger partial charge in [0.2, 0.25) is 0 Å². The normalized spacial score (nSPS) is 13.4. The molecule has 0 aliphatic heterocycles. The lowest BCUT2D eigenvalue weighted by atomic mass is 9.95. The van der Waals surface area contributed by atoms with E-state index in [1.54, 1.807) is 0 Å². The van der Waals surface area contributed by atoms with Crippen LogP contribution in [0.1, 0.15) is 36.8 Å². The second-order valence-electron chi connectivity index (χ2n) is 5.93. The van der Waals surface area contributed by atoms with Crippen LogP contribution in [-0.2, 0) is 0 Å². The molecule has 0 bridgehead atoms. The van der Waals surface area contributed by atoms with E-state index >= 15 is 0 Å². The molecule has 0 heterocycles. The summed E-state index contributed by atoms with van der Waals surface area (Å²) in [6, 6.07) is 8.76. The summed E-state index contributed by atoms with van der Waals surface area (Å²) in [4.78, 5) is 0. The van der Waals surface area contributed by atoms with Crippen LogP contribution < -0.4 is 0 Å². The van der Waals surface area contributed by atoms with Crippen molar-refractivity contribution in [2.75, 3.05) is 27.7 Å². The first-order valence-electron chi connectivity index (χ1n) is 6.45. The highest BCUT2D eigenvalue weighted by Crippen LogP contribution is 2.21. The van der Waals surface area contributed by atoms with Crippen molar-refractivity contribution in [1.82, 2.24) is 0 Å². The lowest BCUT2D eigenvalue weighted by Crippen LogP contribution is -2.35. The van der Waals surface area contributed by atoms with Gasteiger partial charge < -0.3 is 4.48 Å². The molecule has 0 aliphatic rings. The summed E-state index contributed by atoms with van der Waals surface area (Å²) in [7, 11) is 6.76. The lowest BCUT2D eigenvalue weighted by Gasteiger charge is -2.24. The third kappa shape index (κ3) is 5.18. The number of hydrogen-bond acceptors (Lipinski definition) is 0. The van der Waals surface area contributed by atoms with E-state index < -0.39 is 0 Å². The van der Waals surface area contributed by atoms with E-state index in [4.69, 9.17) is 0 Å². The van der Waals surface area contributed by atoms with E-state index in [0.717, 1.165) is 4.48 Å². The third-order valence-electron chi connectivity index (χ3n) is 3.21. The van der Waals surface area contributed by atoms with E-state index in [1.807, 2.05) is 6.08 Å². The van der Waals surface area contributed by atoms with Crippen LogP contribution in [0.3, 0.4) is 0 Å². The topological polar surface area (TPSA) is 0 Å². The van der Waals surface area contributed by atoms with Gasteiger partial charge in [-0.1, -0.05) is 43.8 Å². The molecule has 0 aliphatic carbocycles. The highest BCUT2D eigenvalue weighted by Gasteiger charge is 2.10. The molecule has 0 N–H and O–H groups in total. The quantitative estimate of drug-likeness (QED) is 0.652. The van der Waals surface area contributed by atoms with Gasteiger partial charge in [0, 0.05) is 0 Å². The molecule has 1 rings (SSSR count). The Hall–Kier alpha value is -1.08. The zero-order valence-corrected chi connectivity index (χ0v) is 11.7. The molecule has 1 aromatic carbocycles. The minimum absolute atomic E-state index is 0.653. The Kier molecular flexibility index (Phi) is 4.95. The van der Waals surface area contributed by atoms with Gasteiger partial charge in [-0.05, 0) is 29.9 Å². The molecule has 1 aromatic rings. The Balaban J connectivity index is 2.46. The van der Waals surface area contributed by atoms with Crippen LogP contribution in [0.5, 0.6) is 0 Å². The summed E-state index contributed by atoms with van der Waals surface area (Å²) in [5.41, 5.74) is 2.64. The molecule has 0 radical (unpaired) electrons. The average molecular weight is 232 g/mol. The lowest BCUT2D eigenvalue weighted by molar-refractivity contribution is -0.870. The van der Waals surface area contributed by atoms with E-state index in [2.05, 4.69) is 58.9 Å². The predicted octanol–water partition coefficient (Wildman–Crippen LogP) is 3.92. The molecule has 1 heteroatoms. The van der Waals surface area contributed by atoms with Crippen LogP contribution in [0, 0.1) is 0 Å². The van der Waals surface area contributed by atoms with Gasteiger partial charge in [0.25, 0.3) is 0 Å². The highest BCUT2D eigenvalue weighted by molar-refractivity contribution is 5.47. The highest BCUT2D eigenvalue weighted by atomic mass is 15.3. The van der Waals surface area contributed by atoms with Crippen molar-refractivity contribution in [2.45, 2.75) is 25.7 Å². The Labute approximate surface area is 106 Å². The zero-order chi connectivity index (χ0) is 12.9. The number of benzene rings is 1. The maximum atomic E-state index is 3.78. The van der Waals surface area contributed by atoms with Gasteiger partial charge in [-0.2, -0.15) is 0 Å². The van der Waals surface area contributed by atoms with Crippen LogP contribution >= 0.6 is 0 Å². The van der Waals surface area contributed by atoms with Crippen molar-refractivity contribution < 1.29 is 4.48 Å². The van der Waals surface area contributed by atoms with Gasteiger partial charge in [0.05, 0.1) is 27.7 Å². The summed E-state index contributed by atoms with van der Waals surface area (Å²) >= 11 is 0. The Morgan fingerprint density at radius 2 is 1.76 bits per heavy atom. The number of rotatable bonds is 6. The van der Waals surface area contributed by atoms with Gasteiger partial charge in [-0.15, -0.1) is 0 Å². The molecule has 0 fully saturated rings. The summed E-state index contributed by atoms with van der Waals surface area (Å²) in [6.45, 7) is 7.34. The molecule has 0 saturated carbocycles. The second-order valence-corrected chi connectivity index (χ2v) is 5.93. The van der Waals surface area contributed by atoms with Gasteiger partial charge in [0.15, 0.2) is 0 Å². The van der Waals surface area contributed by atoms with E-state index in [0.29, 0.717) is 5.92 Å². The van der Waals surface area contributed by atoms with Gasteiger partial charge >= 0.3 is 0 Å². The van der Waals surface area contributed by atoms with Crippen molar-refractivity contribution >= 4 is 6.08 Å². The maximum absolute atomic E-state index is 3.78. The molecule has 94 valence electrons. The van der Waals surface area contributed by atoms with Crippen molar-refractivity contribution in [3.63, 3.8) is 0 Å². The Morgan fingerprint density at radius 3 is 2.24 bits per heavy atom. The number of nitrogens with zero attached hydrogens (tertiary/aromatic N) is 1. The molecule has 1 atom stereocenters. The van der Waals surface area contributed by atoms with Gasteiger partial charge in [-0.25, -0.2) is 0 Å². The molecular weight excluding hydrogens is 206 g/mol. The van der Waals surface area contributed by atoms with Gasteiger partial charge in [-0.3, -0.25) is 0 Å². The number of hydrogen-bond donors (Lipinski definition) is 0. The van der Waals surface area contributed by atoms with E-state index in [9.17, 15) is 0 Å². The Morgan fingerprint density at radius 1 is 1.18 bits per heavy atom. The Bertz CT molecular complexity index is 343. The fourth-order valence-corrected chi connectivity index (χ4v) is 2.00. The first kappa shape index (κ1) is 14.0. The second kappa shape index (κ2) is 6.02. The molecule has 0 amide bonds. The SMILES string of the molecule is C=Cc1ccc(C(C)CCC[N+](C)(C)C)cc1. The first-order valence-corrected chi connectivity index (χ1v) is 6.45. The molecule has 0 saturated heterocycles. The summed E-state index contributed by atoms with van der Waals surface area (Å²) in [6.07, 6.45) is 4.45. The third-order valence-corrected chi connectivity index (χ3v) is 3.21. The molecule has 1 unspecified atom stereocenters. The summed E-state index contributed by atoms with van der Waals surface area (Å²) in [5, 5.41) is 0. The number of quaternary nitrogens is 1. The van der Waals surface area contributed by atoms with Gasteiger partial charge in [0.1, 0.15) is 0 Å². The minimum Gasteiger partial charge on any atom is -0.331 e. The van der Waals surface area contributed by atoms with Crippen LogP contribution in [0.25, 0.3) is 6.08 Å². The summed E-state index contributed by atoms with van der Waals surface area (Å²) < 4.78 is 1.06. The van der Waals surface area contributed by atoms with Crippen LogP contribution in [0.4, 0.5) is 0 Å². The average Bonchev–Trinajstić information content (AvgIpc) is 2.27. The zero-order valence-electron chi connectivity index (χ0n) is 11.7. The van der Waals surface area contributed by atoms with E-state index in [1.165, 1.54) is 30.5 Å². The largest absolute Gasteiger partial charge is 0.331 e. The van der Waals surface area contributed by atoms with Crippen molar-refractivity contribution in [3.8, 4) is 0 Å². The fraction of sp³-hybridized carbons (Fsp3) is 0.500. The van der Waals surface area contributed by atoms with Crippen molar-refractivity contribution in [3.05, 3.63) is 42.0 Å². The molecular formula is C16H26N+. The fourth-order valence-electron chi connectivity index (χ4n) is 2.00. The molecule has 17 heavy (non-hydrogen) atoms. The standard InChI is InChI=1S/C16H26N/c1-6-15-9-11-16(12-10-15)14(2)8-7-13-17(3,4)5/h6,9-12,14H,1,7-8,13H2,2-5H3/q+1.